The minimum atomic E-state index is -0.778. The monoisotopic (exact) mass is 231 g/mol. The third-order valence-corrected chi connectivity index (χ3v) is 2.59. The number of aliphatic carboxylic acids is 1. The van der Waals surface area contributed by atoms with Crippen molar-refractivity contribution < 1.29 is 9.90 Å². The van der Waals surface area contributed by atoms with Crippen LogP contribution in [-0.2, 0) is 4.79 Å². The maximum absolute atomic E-state index is 11.1. The molecule has 0 unspecified atom stereocenters. The minimum Gasteiger partial charge on any atom is -0.480 e. The van der Waals surface area contributed by atoms with Gasteiger partial charge in [0.2, 0.25) is 0 Å². The molecule has 0 aromatic carbocycles. The zero-order valence-corrected chi connectivity index (χ0v) is 9.80. The van der Waals surface area contributed by atoms with Crippen LogP contribution in [-0.4, -0.2) is 40.5 Å². The Labute approximate surface area is 94.8 Å². The Hall–Kier alpha value is -0.880. The first-order valence-electron chi connectivity index (χ1n) is 4.99. The van der Waals surface area contributed by atoms with Gasteiger partial charge in [0.1, 0.15) is 6.04 Å². The van der Waals surface area contributed by atoms with E-state index >= 15 is 0 Å². The minimum absolute atomic E-state index is 0.361. The van der Waals surface area contributed by atoms with Crippen molar-refractivity contribution in [3.8, 4) is 0 Å². The molecule has 1 saturated heterocycles. The summed E-state index contributed by atoms with van der Waals surface area (Å²) < 4.78 is 0. The van der Waals surface area contributed by atoms with Crippen molar-refractivity contribution in [1.82, 2.24) is 15.5 Å². The maximum Gasteiger partial charge on any atom is 0.321 e. The van der Waals surface area contributed by atoms with Gasteiger partial charge in [-0.25, -0.2) is 0 Å². The first kappa shape index (κ1) is 12.2. The Morgan fingerprint density at radius 1 is 1.53 bits per heavy atom. The highest BCUT2D eigenvalue weighted by Gasteiger charge is 2.28. The van der Waals surface area contributed by atoms with Crippen molar-refractivity contribution in [2.24, 2.45) is 5.92 Å². The zero-order chi connectivity index (χ0) is 11.4. The molecule has 1 atom stereocenters. The summed E-state index contributed by atoms with van der Waals surface area (Å²) in [5.41, 5.74) is 0. The van der Waals surface area contributed by atoms with E-state index in [9.17, 15) is 4.79 Å². The fourth-order valence-electron chi connectivity index (χ4n) is 1.54. The van der Waals surface area contributed by atoms with Crippen LogP contribution in [0.25, 0.3) is 0 Å². The van der Waals surface area contributed by atoms with Gasteiger partial charge in [-0.05, 0) is 24.6 Å². The number of carbonyl (C=O) groups is 1. The lowest BCUT2D eigenvalue weighted by molar-refractivity contribution is -0.144. The molecule has 1 fully saturated rings. The van der Waals surface area contributed by atoms with Crippen LogP contribution in [0.5, 0.6) is 0 Å². The van der Waals surface area contributed by atoms with Gasteiger partial charge in [-0.15, -0.1) is 0 Å². The zero-order valence-electron chi connectivity index (χ0n) is 8.99. The standard InChI is InChI=1S/C9H17N3O2S/c1-6(2)3-7(8(13)14)12-4-10-9(15)11-5-12/h6-7H,3-5H2,1-2H3,(H,13,14)(H2,10,11,15)/t7-/m1/s1. The molecule has 0 bridgehead atoms. The lowest BCUT2D eigenvalue weighted by Gasteiger charge is -2.34. The van der Waals surface area contributed by atoms with Crippen LogP contribution < -0.4 is 10.6 Å². The number of hydrogen-bond donors (Lipinski definition) is 3. The van der Waals surface area contributed by atoms with E-state index in [0.717, 1.165) is 0 Å². The van der Waals surface area contributed by atoms with E-state index in [0.29, 0.717) is 30.8 Å². The largest absolute Gasteiger partial charge is 0.480 e. The number of carboxylic acid groups (broad SMARTS) is 1. The highest BCUT2D eigenvalue weighted by molar-refractivity contribution is 7.80. The second kappa shape index (κ2) is 5.27. The number of nitrogens with zero attached hydrogens (tertiary/aromatic N) is 1. The summed E-state index contributed by atoms with van der Waals surface area (Å²) in [5.74, 6) is -0.417. The van der Waals surface area contributed by atoms with Gasteiger partial charge in [-0.2, -0.15) is 0 Å². The molecule has 3 N–H and O–H groups in total. The summed E-state index contributed by atoms with van der Waals surface area (Å²) in [4.78, 5) is 12.9. The van der Waals surface area contributed by atoms with Crippen molar-refractivity contribution in [3.05, 3.63) is 0 Å². The Kier molecular flexibility index (Phi) is 4.28. The summed E-state index contributed by atoms with van der Waals surface area (Å²) in [5, 5.41) is 15.5. The average molecular weight is 231 g/mol. The molecule has 0 aromatic heterocycles. The number of rotatable bonds is 4. The van der Waals surface area contributed by atoms with E-state index in [1.54, 1.807) is 0 Å². The van der Waals surface area contributed by atoms with Crippen LogP contribution in [0.15, 0.2) is 0 Å². The van der Waals surface area contributed by atoms with E-state index in [2.05, 4.69) is 10.6 Å². The molecule has 15 heavy (non-hydrogen) atoms. The van der Waals surface area contributed by atoms with Crippen molar-refractivity contribution in [2.75, 3.05) is 13.3 Å². The van der Waals surface area contributed by atoms with Crippen LogP contribution in [0, 0.1) is 5.92 Å². The van der Waals surface area contributed by atoms with Crippen LogP contribution >= 0.6 is 12.2 Å². The van der Waals surface area contributed by atoms with Crippen LogP contribution in [0.4, 0.5) is 0 Å². The molecule has 0 aromatic rings. The van der Waals surface area contributed by atoms with Gasteiger partial charge in [0, 0.05) is 0 Å². The number of hydrogen-bond acceptors (Lipinski definition) is 3. The highest BCUT2D eigenvalue weighted by atomic mass is 32.1. The number of thiocarbonyl (C=S) groups is 1. The van der Waals surface area contributed by atoms with Gasteiger partial charge in [-0.1, -0.05) is 13.8 Å². The Morgan fingerprint density at radius 3 is 2.47 bits per heavy atom. The third-order valence-electron chi connectivity index (χ3n) is 2.31. The molecule has 0 spiro atoms. The topological polar surface area (TPSA) is 64.6 Å². The van der Waals surface area contributed by atoms with Gasteiger partial charge >= 0.3 is 5.97 Å². The molecule has 0 saturated carbocycles. The first-order chi connectivity index (χ1) is 7.00. The van der Waals surface area contributed by atoms with E-state index < -0.39 is 12.0 Å². The molecule has 0 amide bonds. The lowest BCUT2D eigenvalue weighted by atomic mass is 10.0. The number of nitrogens with one attached hydrogen (secondary N) is 2. The summed E-state index contributed by atoms with van der Waals surface area (Å²) in [7, 11) is 0. The molecule has 1 rings (SSSR count). The second-order valence-corrected chi connectivity index (χ2v) is 4.48. The fraction of sp³-hybridized carbons (Fsp3) is 0.778. The molecular weight excluding hydrogens is 214 g/mol. The van der Waals surface area contributed by atoms with Gasteiger partial charge in [0.25, 0.3) is 0 Å². The molecule has 1 aliphatic heterocycles. The molecule has 1 aliphatic rings. The average Bonchev–Trinajstić information content (AvgIpc) is 2.15. The van der Waals surface area contributed by atoms with Gasteiger partial charge in [-0.3, -0.25) is 9.69 Å². The summed E-state index contributed by atoms with van der Waals surface area (Å²) in [6.07, 6.45) is 0.644. The van der Waals surface area contributed by atoms with E-state index in [4.69, 9.17) is 17.3 Å². The molecule has 86 valence electrons. The van der Waals surface area contributed by atoms with E-state index in [1.165, 1.54) is 0 Å². The fourth-order valence-corrected chi connectivity index (χ4v) is 1.67. The molecule has 5 nitrogen and oxygen atoms in total. The predicted octanol–water partition coefficient (Wildman–Crippen LogP) is 0.180. The Bertz CT molecular complexity index is 248. The lowest BCUT2D eigenvalue weighted by Crippen LogP contribution is -2.58. The van der Waals surface area contributed by atoms with Gasteiger partial charge < -0.3 is 15.7 Å². The molecular formula is C9H17N3O2S. The summed E-state index contributed by atoms with van der Waals surface area (Å²) in [6, 6.07) is -0.451. The molecule has 6 heteroatoms. The molecule has 1 heterocycles. The maximum atomic E-state index is 11.1. The SMILES string of the molecule is CC(C)C[C@H](C(=O)O)N1CNC(=S)NC1. The smallest absolute Gasteiger partial charge is 0.321 e. The van der Waals surface area contributed by atoms with E-state index in [1.807, 2.05) is 18.7 Å². The van der Waals surface area contributed by atoms with Crippen LogP contribution in [0.3, 0.4) is 0 Å². The Morgan fingerprint density at radius 2 is 2.07 bits per heavy atom. The van der Waals surface area contributed by atoms with Crippen LogP contribution in [0.1, 0.15) is 20.3 Å². The van der Waals surface area contributed by atoms with Crippen LogP contribution in [0.2, 0.25) is 0 Å². The molecule has 0 radical (unpaired) electrons. The quantitative estimate of drug-likeness (QED) is 0.600. The van der Waals surface area contributed by atoms with Crippen molar-refractivity contribution in [3.63, 3.8) is 0 Å². The first-order valence-corrected chi connectivity index (χ1v) is 5.40. The summed E-state index contributed by atoms with van der Waals surface area (Å²) in [6.45, 7) is 5.03. The van der Waals surface area contributed by atoms with Gasteiger partial charge in [0.05, 0.1) is 13.3 Å². The van der Waals surface area contributed by atoms with Crippen molar-refractivity contribution in [1.29, 1.82) is 0 Å². The van der Waals surface area contributed by atoms with Crippen molar-refractivity contribution >= 4 is 23.3 Å². The molecule has 0 aliphatic carbocycles. The second-order valence-electron chi connectivity index (χ2n) is 4.07. The third kappa shape index (κ3) is 3.64. The predicted molar refractivity (Wildman–Crippen MR) is 61.3 cm³/mol. The highest BCUT2D eigenvalue weighted by Crippen LogP contribution is 2.11. The normalized spacial score (nSPS) is 19.5. The number of carboxylic acids is 1. The van der Waals surface area contributed by atoms with Crippen molar-refractivity contribution in [2.45, 2.75) is 26.3 Å². The van der Waals surface area contributed by atoms with Gasteiger partial charge in [0.15, 0.2) is 5.11 Å². The Balaban J connectivity index is 2.56. The van der Waals surface area contributed by atoms with E-state index in [-0.39, 0.29) is 0 Å². The summed E-state index contributed by atoms with van der Waals surface area (Å²) >= 11 is 4.90.